The molecule has 1 saturated heterocycles. The molecule has 1 aliphatic heterocycles. The first-order valence-electron chi connectivity index (χ1n) is 8.78. The summed E-state index contributed by atoms with van der Waals surface area (Å²) in [6.45, 7) is 4.87. The van der Waals surface area contributed by atoms with Crippen LogP contribution in [-0.2, 0) is 16.1 Å². The number of halogens is 2. The lowest BCUT2D eigenvalue weighted by molar-refractivity contribution is -0.135. The monoisotopic (exact) mass is 507 g/mol. The van der Waals surface area contributed by atoms with Crippen LogP contribution in [0.1, 0.15) is 18.9 Å². The van der Waals surface area contributed by atoms with Gasteiger partial charge in [0, 0.05) is 38.2 Å². The van der Waals surface area contributed by atoms with E-state index in [1.54, 1.807) is 7.05 Å². The van der Waals surface area contributed by atoms with E-state index in [0.717, 1.165) is 12.0 Å². The molecule has 0 spiro atoms. The minimum Gasteiger partial charge on any atom is -0.355 e. The fraction of sp³-hybridized carbons (Fsp3) is 0.500. The van der Waals surface area contributed by atoms with Crippen molar-refractivity contribution >= 4 is 53.4 Å². The molecule has 0 unspecified atom stereocenters. The molecule has 0 bridgehead atoms. The third-order valence-corrected chi connectivity index (χ3v) is 4.35. The van der Waals surface area contributed by atoms with Gasteiger partial charge in [0.2, 0.25) is 11.8 Å². The molecule has 2 N–H and O–H groups in total. The van der Waals surface area contributed by atoms with Gasteiger partial charge in [-0.15, -0.1) is 24.0 Å². The van der Waals surface area contributed by atoms with Crippen molar-refractivity contribution in [1.82, 2.24) is 20.4 Å². The highest BCUT2D eigenvalue weighted by Crippen LogP contribution is 2.13. The van der Waals surface area contributed by atoms with E-state index in [-0.39, 0.29) is 48.9 Å². The number of carbonyl (C=O) groups excluding carboxylic acids is 2. The summed E-state index contributed by atoms with van der Waals surface area (Å²) >= 11 is 5.90. The van der Waals surface area contributed by atoms with Crippen molar-refractivity contribution in [3.63, 3.8) is 0 Å². The van der Waals surface area contributed by atoms with Crippen LogP contribution in [0.5, 0.6) is 0 Å². The standard InChI is InChI=1S/C18H26ClN5O2.HI/c1-3-8-21-16(25)11-22-18(20-2)24-10-9-23(17(26)13-24)12-14-4-6-15(19)7-5-14;/h4-7H,3,8-13H2,1-2H3,(H,20,22)(H,21,25);1H. The van der Waals surface area contributed by atoms with E-state index in [0.29, 0.717) is 37.2 Å². The van der Waals surface area contributed by atoms with Crippen LogP contribution >= 0.6 is 35.6 Å². The zero-order valence-corrected chi connectivity index (χ0v) is 18.8. The molecule has 7 nitrogen and oxygen atoms in total. The van der Waals surface area contributed by atoms with Gasteiger partial charge in [-0.2, -0.15) is 0 Å². The number of guanidine groups is 1. The van der Waals surface area contributed by atoms with Gasteiger partial charge in [0.25, 0.3) is 0 Å². The molecule has 1 aromatic carbocycles. The third-order valence-electron chi connectivity index (χ3n) is 4.10. The van der Waals surface area contributed by atoms with E-state index < -0.39 is 0 Å². The number of nitrogens with zero attached hydrogens (tertiary/aromatic N) is 3. The van der Waals surface area contributed by atoms with Crippen molar-refractivity contribution < 1.29 is 9.59 Å². The Morgan fingerprint density at radius 2 is 1.93 bits per heavy atom. The minimum absolute atomic E-state index is 0. The largest absolute Gasteiger partial charge is 0.355 e. The van der Waals surface area contributed by atoms with Crippen molar-refractivity contribution in [1.29, 1.82) is 0 Å². The van der Waals surface area contributed by atoms with Gasteiger partial charge in [-0.1, -0.05) is 30.7 Å². The lowest BCUT2D eigenvalue weighted by atomic mass is 10.2. The van der Waals surface area contributed by atoms with E-state index in [1.165, 1.54) is 0 Å². The van der Waals surface area contributed by atoms with Gasteiger partial charge in [0.05, 0.1) is 13.1 Å². The Hall–Kier alpha value is -1.55. The first-order chi connectivity index (χ1) is 12.5. The van der Waals surface area contributed by atoms with Crippen LogP contribution in [0.25, 0.3) is 0 Å². The van der Waals surface area contributed by atoms with Gasteiger partial charge < -0.3 is 20.4 Å². The fourth-order valence-electron chi connectivity index (χ4n) is 2.69. The van der Waals surface area contributed by atoms with Crippen LogP contribution in [0.3, 0.4) is 0 Å². The smallest absolute Gasteiger partial charge is 0.242 e. The summed E-state index contributed by atoms with van der Waals surface area (Å²) < 4.78 is 0. The van der Waals surface area contributed by atoms with Crippen LogP contribution in [0.15, 0.2) is 29.3 Å². The van der Waals surface area contributed by atoms with E-state index in [4.69, 9.17) is 11.6 Å². The molecule has 150 valence electrons. The lowest BCUT2D eigenvalue weighted by Gasteiger charge is -2.36. The maximum Gasteiger partial charge on any atom is 0.242 e. The molecule has 1 fully saturated rings. The number of aliphatic imine (C=N–C) groups is 1. The zero-order valence-electron chi connectivity index (χ0n) is 15.7. The number of hydrogen-bond donors (Lipinski definition) is 2. The predicted octanol–water partition coefficient (Wildman–Crippen LogP) is 1.70. The Labute approximate surface area is 182 Å². The van der Waals surface area contributed by atoms with Crippen molar-refractivity contribution in [3.05, 3.63) is 34.9 Å². The Morgan fingerprint density at radius 3 is 2.52 bits per heavy atom. The molecular weight excluding hydrogens is 481 g/mol. The molecule has 0 saturated carbocycles. The molecule has 2 amide bonds. The summed E-state index contributed by atoms with van der Waals surface area (Å²) in [5.74, 6) is 0.515. The fourth-order valence-corrected chi connectivity index (χ4v) is 2.81. The van der Waals surface area contributed by atoms with E-state index >= 15 is 0 Å². The maximum absolute atomic E-state index is 12.5. The van der Waals surface area contributed by atoms with Crippen LogP contribution in [-0.4, -0.2) is 67.3 Å². The number of hydrogen-bond acceptors (Lipinski definition) is 3. The Kier molecular flexibility index (Phi) is 10.5. The first-order valence-corrected chi connectivity index (χ1v) is 9.15. The maximum atomic E-state index is 12.5. The first kappa shape index (κ1) is 23.5. The molecule has 9 heteroatoms. The SMILES string of the molecule is CCCNC(=O)CNC(=NC)N1CCN(Cc2ccc(Cl)cc2)C(=O)C1.I. The summed E-state index contributed by atoms with van der Waals surface area (Å²) in [7, 11) is 1.65. The zero-order chi connectivity index (χ0) is 18.9. The highest BCUT2D eigenvalue weighted by atomic mass is 127. The minimum atomic E-state index is -0.0827. The molecule has 0 radical (unpaired) electrons. The topological polar surface area (TPSA) is 77.0 Å². The number of amides is 2. The highest BCUT2D eigenvalue weighted by Gasteiger charge is 2.26. The summed E-state index contributed by atoms with van der Waals surface area (Å²) in [6.07, 6.45) is 0.893. The van der Waals surface area contributed by atoms with Crippen molar-refractivity contribution in [2.45, 2.75) is 19.9 Å². The van der Waals surface area contributed by atoms with Crippen molar-refractivity contribution in [2.75, 3.05) is 39.8 Å². The van der Waals surface area contributed by atoms with Gasteiger partial charge in [0.15, 0.2) is 5.96 Å². The number of benzene rings is 1. The van der Waals surface area contributed by atoms with E-state index in [1.807, 2.05) is 41.0 Å². The third kappa shape index (κ3) is 7.53. The highest BCUT2D eigenvalue weighted by molar-refractivity contribution is 14.0. The summed E-state index contributed by atoms with van der Waals surface area (Å²) in [5.41, 5.74) is 1.05. The van der Waals surface area contributed by atoms with Gasteiger partial charge in [-0.3, -0.25) is 14.6 Å². The van der Waals surface area contributed by atoms with Gasteiger partial charge >= 0.3 is 0 Å². The van der Waals surface area contributed by atoms with Crippen LogP contribution in [0, 0.1) is 0 Å². The van der Waals surface area contributed by atoms with Crippen LogP contribution in [0.4, 0.5) is 0 Å². The number of carbonyl (C=O) groups is 2. The van der Waals surface area contributed by atoms with Crippen LogP contribution in [0.2, 0.25) is 5.02 Å². The van der Waals surface area contributed by atoms with Crippen molar-refractivity contribution in [3.8, 4) is 0 Å². The van der Waals surface area contributed by atoms with Gasteiger partial charge in [-0.25, -0.2) is 0 Å². The molecule has 1 aliphatic rings. The van der Waals surface area contributed by atoms with Crippen molar-refractivity contribution in [2.24, 2.45) is 4.99 Å². The van der Waals surface area contributed by atoms with Gasteiger partial charge in [-0.05, 0) is 24.1 Å². The molecule has 0 aromatic heterocycles. The molecule has 1 aromatic rings. The molecule has 1 heterocycles. The van der Waals surface area contributed by atoms with Crippen LogP contribution < -0.4 is 10.6 Å². The normalized spacial score (nSPS) is 14.6. The molecule has 2 rings (SSSR count). The quantitative estimate of drug-likeness (QED) is 0.349. The average molecular weight is 508 g/mol. The van der Waals surface area contributed by atoms with E-state index in [9.17, 15) is 9.59 Å². The molecule has 0 aliphatic carbocycles. The number of nitrogens with one attached hydrogen (secondary N) is 2. The second kappa shape index (κ2) is 12.0. The number of piperazine rings is 1. The lowest BCUT2D eigenvalue weighted by Crippen LogP contribution is -2.55. The second-order valence-electron chi connectivity index (χ2n) is 6.11. The van der Waals surface area contributed by atoms with E-state index in [2.05, 4.69) is 15.6 Å². The molecule has 27 heavy (non-hydrogen) atoms. The summed E-state index contributed by atoms with van der Waals surface area (Å²) in [4.78, 5) is 32.1. The Morgan fingerprint density at radius 1 is 1.22 bits per heavy atom. The summed E-state index contributed by atoms with van der Waals surface area (Å²) in [6, 6.07) is 7.51. The Bertz CT molecular complexity index is 654. The average Bonchev–Trinajstić information content (AvgIpc) is 2.64. The molecular formula is C18H27ClIN5O2. The predicted molar refractivity (Wildman–Crippen MR) is 119 cm³/mol. The Balaban J connectivity index is 0.00000364. The second-order valence-corrected chi connectivity index (χ2v) is 6.55. The summed E-state index contributed by atoms with van der Waals surface area (Å²) in [5, 5.41) is 6.50. The van der Waals surface area contributed by atoms with Gasteiger partial charge in [0.1, 0.15) is 0 Å². The number of rotatable bonds is 6. The molecule has 0 atom stereocenters.